The van der Waals surface area contributed by atoms with Crippen LogP contribution in [0.2, 0.25) is 0 Å². The van der Waals surface area contributed by atoms with E-state index in [1.807, 2.05) is 37.3 Å². The Morgan fingerprint density at radius 1 is 1.19 bits per heavy atom. The van der Waals surface area contributed by atoms with Crippen molar-refractivity contribution < 1.29 is 15.0 Å². The number of benzene rings is 1. The number of aliphatic hydroxyl groups excluding tert-OH is 2. The van der Waals surface area contributed by atoms with E-state index >= 15 is 0 Å². The minimum absolute atomic E-state index is 0.00230. The summed E-state index contributed by atoms with van der Waals surface area (Å²) in [5.41, 5.74) is 3.52. The molecule has 0 bridgehead atoms. The lowest BCUT2D eigenvalue weighted by molar-refractivity contribution is 0.0911. The van der Waals surface area contributed by atoms with Crippen LogP contribution in [0, 0.1) is 6.92 Å². The largest absolute Gasteiger partial charge is 0.394 e. The van der Waals surface area contributed by atoms with Gasteiger partial charge in [-0.25, -0.2) is 9.97 Å². The fraction of sp³-hybridized carbons (Fsp3) is 0.348. The standard InChI is InChI=1S/C23H29N5O3/c1-3-7-18(13-29)26-23-25-11-15(2)21(28-23)17-10-19(24-12-17)22(31)27-20(14-30)16-8-5-4-6-9-16/h4-6,8-12,18,20,24,29-30H,3,7,13-14H2,1-2H3,(H,27,31)(H,25,26,28)/t18-,20+/m0/s1. The molecule has 0 saturated heterocycles. The Labute approximate surface area is 181 Å². The van der Waals surface area contributed by atoms with Crippen molar-refractivity contribution in [2.24, 2.45) is 0 Å². The number of nitrogens with zero attached hydrogens (tertiary/aromatic N) is 2. The molecule has 0 spiro atoms. The summed E-state index contributed by atoms with van der Waals surface area (Å²) in [5, 5.41) is 25.2. The molecule has 0 fully saturated rings. The number of aromatic nitrogens is 3. The Hall–Kier alpha value is -3.23. The minimum Gasteiger partial charge on any atom is -0.394 e. The van der Waals surface area contributed by atoms with E-state index in [1.54, 1.807) is 18.5 Å². The van der Waals surface area contributed by atoms with Gasteiger partial charge >= 0.3 is 0 Å². The van der Waals surface area contributed by atoms with Gasteiger partial charge in [0.25, 0.3) is 5.91 Å². The molecule has 164 valence electrons. The van der Waals surface area contributed by atoms with Gasteiger partial charge < -0.3 is 25.8 Å². The summed E-state index contributed by atoms with van der Waals surface area (Å²) in [4.78, 5) is 24.6. The fourth-order valence-electron chi connectivity index (χ4n) is 3.36. The quantitative estimate of drug-likeness (QED) is 0.342. The highest BCUT2D eigenvalue weighted by atomic mass is 16.3. The SMILES string of the molecule is CCC[C@@H](CO)Nc1ncc(C)c(-c2c[nH]c(C(=O)N[C@H](CO)c3ccccc3)c2)n1. The second-order valence-electron chi connectivity index (χ2n) is 7.46. The molecule has 0 aliphatic rings. The highest BCUT2D eigenvalue weighted by Crippen LogP contribution is 2.23. The average Bonchev–Trinajstić information content (AvgIpc) is 3.29. The van der Waals surface area contributed by atoms with E-state index < -0.39 is 6.04 Å². The molecule has 0 aliphatic carbocycles. The van der Waals surface area contributed by atoms with Gasteiger partial charge in [-0.2, -0.15) is 0 Å². The summed E-state index contributed by atoms with van der Waals surface area (Å²) in [5.74, 6) is 0.118. The second kappa shape index (κ2) is 10.7. The van der Waals surface area contributed by atoms with Gasteiger partial charge in [0.2, 0.25) is 5.95 Å². The van der Waals surface area contributed by atoms with Crippen molar-refractivity contribution >= 4 is 11.9 Å². The van der Waals surface area contributed by atoms with Gasteiger partial charge in [-0.05, 0) is 30.5 Å². The number of nitrogens with one attached hydrogen (secondary N) is 3. The summed E-state index contributed by atoms with van der Waals surface area (Å²) in [6, 6.07) is 10.5. The van der Waals surface area contributed by atoms with Crippen LogP contribution in [0.1, 0.15) is 47.4 Å². The van der Waals surface area contributed by atoms with Gasteiger partial charge in [-0.15, -0.1) is 0 Å². The van der Waals surface area contributed by atoms with Crippen LogP contribution in [0.5, 0.6) is 0 Å². The summed E-state index contributed by atoms with van der Waals surface area (Å²) in [6.07, 6.45) is 5.19. The molecule has 1 aromatic carbocycles. The first-order valence-corrected chi connectivity index (χ1v) is 10.4. The van der Waals surface area contributed by atoms with E-state index in [-0.39, 0.29) is 25.2 Å². The third-order valence-corrected chi connectivity index (χ3v) is 5.05. The Morgan fingerprint density at radius 3 is 2.65 bits per heavy atom. The van der Waals surface area contributed by atoms with Crippen molar-refractivity contribution in [2.45, 2.75) is 38.8 Å². The molecule has 3 rings (SSSR count). The van der Waals surface area contributed by atoms with Crippen LogP contribution in [0.4, 0.5) is 5.95 Å². The van der Waals surface area contributed by atoms with Crippen LogP contribution in [0.15, 0.2) is 48.8 Å². The molecule has 2 heterocycles. The summed E-state index contributed by atoms with van der Waals surface area (Å²) in [6.45, 7) is 3.76. The van der Waals surface area contributed by atoms with Crippen molar-refractivity contribution in [1.82, 2.24) is 20.3 Å². The molecule has 0 aliphatic heterocycles. The van der Waals surface area contributed by atoms with Crippen molar-refractivity contribution in [3.63, 3.8) is 0 Å². The van der Waals surface area contributed by atoms with Gasteiger partial charge in [0, 0.05) is 18.0 Å². The van der Waals surface area contributed by atoms with Crippen molar-refractivity contribution in [1.29, 1.82) is 0 Å². The number of hydrogen-bond donors (Lipinski definition) is 5. The monoisotopic (exact) mass is 423 g/mol. The molecule has 31 heavy (non-hydrogen) atoms. The van der Waals surface area contributed by atoms with Crippen LogP contribution >= 0.6 is 0 Å². The number of aliphatic hydroxyl groups is 2. The molecule has 2 atom stereocenters. The number of carbonyl (C=O) groups excluding carboxylic acids is 1. The number of carbonyl (C=O) groups is 1. The maximum Gasteiger partial charge on any atom is 0.268 e. The number of aryl methyl sites for hydroxylation is 1. The molecule has 8 heteroatoms. The normalized spacial score (nSPS) is 12.9. The first-order valence-electron chi connectivity index (χ1n) is 10.4. The van der Waals surface area contributed by atoms with Crippen LogP contribution in [-0.4, -0.2) is 50.3 Å². The van der Waals surface area contributed by atoms with Crippen LogP contribution in [0.25, 0.3) is 11.3 Å². The van der Waals surface area contributed by atoms with Crippen molar-refractivity contribution in [2.75, 3.05) is 18.5 Å². The molecule has 3 aromatic rings. The topological polar surface area (TPSA) is 123 Å². The van der Waals surface area contributed by atoms with E-state index in [2.05, 4.69) is 32.5 Å². The Bertz CT molecular complexity index is 990. The predicted molar refractivity (Wildman–Crippen MR) is 120 cm³/mol. The molecule has 0 saturated carbocycles. The van der Waals surface area contributed by atoms with Gasteiger partial charge in [0.05, 0.1) is 31.0 Å². The van der Waals surface area contributed by atoms with Gasteiger partial charge in [-0.1, -0.05) is 43.7 Å². The summed E-state index contributed by atoms with van der Waals surface area (Å²) in [7, 11) is 0. The minimum atomic E-state index is -0.494. The number of hydrogen-bond acceptors (Lipinski definition) is 6. The highest BCUT2D eigenvalue weighted by molar-refractivity contribution is 5.94. The van der Waals surface area contributed by atoms with Gasteiger partial charge in [0.1, 0.15) is 5.69 Å². The Balaban J connectivity index is 1.76. The van der Waals surface area contributed by atoms with Gasteiger partial charge in [-0.3, -0.25) is 4.79 Å². The van der Waals surface area contributed by atoms with Crippen LogP contribution in [-0.2, 0) is 0 Å². The zero-order chi connectivity index (χ0) is 22.2. The number of aromatic amines is 1. The maximum atomic E-state index is 12.7. The third kappa shape index (κ3) is 5.68. The van der Waals surface area contributed by atoms with Crippen molar-refractivity contribution in [3.8, 4) is 11.3 Å². The Kier molecular flexibility index (Phi) is 7.75. The Morgan fingerprint density at radius 2 is 1.97 bits per heavy atom. The number of amides is 1. The van der Waals surface area contributed by atoms with Crippen LogP contribution < -0.4 is 10.6 Å². The summed E-state index contributed by atoms with van der Waals surface area (Å²) >= 11 is 0. The first-order chi connectivity index (χ1) is 15.0. The van der Waals surface area contributed by atoms with Gasteiger partial charge in [0.15, 0.2) is 0 Å². The smallest absolute Gasteiger partial charge is 0.268 e. The average molecular weight is 424 g/mol. The van der Waals surface area contributed by atoms with Crippen LogP contribution in [0.3, 0.4) is 0 Å². The summed E-state index contributed by atoms with van der Waals surface area (Å²) < 4.78 is 0. The van der Waals surface area contributed by atoms with E-state index in [1.165, 1.54) is 0 Å². The maximum absolute atomic E-state index is 12.7. The molecule has 0 unspecified atom stereocenters. The zero-order valence-corrected chi connectivity index (χ0v) is 17.8. The molecular formula is C23H29N5O3. The molecule has 8 nitrogen and oxygen atoms in total. The second-order valence-corrected chi connectivity index (χ2v) is 7.46. The van der Waals surface area contributed by atoms with E-state index in [0.717, 1.165) is 29.5 Å². The lowest BCUT2D eigenvalue weighted by Gasteiger charge is -2.16. The lowest BCUT2D eigenvalue weighted by atomic mass is 10.1. The van der Waals surface area contributed by atoms with E-state index in [9.17, 15) is 15.0 Å². The van der Waals surface area contributed by atoms with Crippen molar-refractivity contribution in [3.05, 3.63) is 65.6 Å². The first kappa shape index (κ1) is 22.5. The zero-order valence-electron chi connectivity index (χ0n) is 17.8. The molecule has 1 amide bonds. The lowest BCUT2D eigenvalue weighted by Crippen LogP contribution is -2.30. The number of rotatable bonds is 10. The highest BCUT2D eigenvalue weighted by Gasteiger charge is 2.18. The molecule has 5 N–H and O–H groups in total. The van der Waals surface area contributed by atoms with E-state index in [0.29, 0.717) is 17.3 Å². The number of anilines is 1. The number of H-pyrrole nitrogens is 1. The molecule has 0 radical (unpaired) electrons. The predicted octanol–water partition coefficient (Wildman–Crippen LogP) is 2.82. The molecular weight excluding hydrogens is 394 g/mol. The third-order valence-electron chi connectivity index (χ3n) is 5.05. The fourth-order valence-corrected chi connectivity index (χ4v) is 3.36. The molecule has 2 aromatic heterocycles. The van der Waals surface area contributed by atoms with E-state index in [4.69, 9.17) is 0 Å².